The maximum atomic E-state index is 4.56. The van der Waals surface area contributed by atoms with E-state index in [9.17, 15) is 0 Å². The van der Waals surface area contributed by atoms with Gasteiger partial charge in [0, 0.05) is 37.2 Å². The van der Waals surface area contributed by atoms with Gasteiger partial charge in [-0.3, -0.25) is 4.68 Å². The van der Waals surface area contributed by atoms with Gasteiger partial charge < -0.3 is 15.6 Å². The number of aromatic amines is 1. The maximum Gasteiger partial charge on any atom is 0.191 e. The Kier molecular flexibility index (Phi) is 7.23. The minimum absolute atomic E-state index is 0. The van der Waals surface area contributed by atoms with E-state index in [4.69, 9.17) is 0 Å². The van der Waals surface area contributed by atoms with Crippen LogP contribution in [0.1, 0.15) is 18.3 Å². The Balaban J connectivity index is 0.00000225. The van der Waals surface area contributed by atoms with Crippen LogP contribution in [-0.4, -0.2) is 38.8 Å². The monoisotopic (exact) mass is 453 g/mol. The number of H-pyrrole nitrogens is 1. The smallest absolute Gasteiger partial charge is 0.191 e. The fourth-order valence-corrected chi connectivity index (χ4v) is 2.61. The lowest BCUT2D eigenvalue weighted by atomic mass is 10.1. The third-order valence-electron chi connectivity index (χ3n) is 3.89. The zero-order valence-corrected chi connectivity index (χ0v) is 16.8. The van der Waals surface area contributed by atoms with E-state index in [0.717, 1.165) is 31.3 Å². The molecule has 0 bridgehead atoms. The van der Waals surface area contributed by atoms with Crippen LogP contribution in [0.4, 0.5) is 0 Å². The van der Waals surface area contributed by atoms with Crippen molar-refractivity contribution in [3.63, 3.8) is 0 Å². The number of fused-ring (bicyclic) bond motifs is 1. The Hall–Kier alpha value is -2.10. The predicted octanol–water partition coefficient (Wildman–Crippen LogP) is 2.21. The van der Waals surface area contributed by atoms with Crippen molar-refractivity contribution in [2.75, 3.05) is 13.1 Å². The zero-order chi connectivity index (χ0) is 16.8. The van der Waals surface area contributed by atoms with E-state index < -0.39 is 0 Å². The Morgan fingerprint density at radius 1 is 1.28 bits per heavy atom. The molecule has 0 spiro atoms. The second-order valence-corrected chi connectivity index (χ2v) is 5.53. The standard InChI is InChI=1S/C17H23N7.HI/c1-3-18-17(21-11-16-22-12-23-24(16)2)19-9-8-13-10-20-15-7-5-4-6-14(13)15;/h4-7,10,12,20H,3,8-9,11H2,1-2H3,(H2,18,19,21);1H. The van der Waals surface area contributed by atoms with Gasteiger partial charge >= 0.3 is 0 Å². The van der Waals surface area contributed by atoms with E-state index in [1.54, 1.807) is 11.0 Å². The molecule has 134 valence electrons. The molecule has 0 aliphatic rings. The van der Waals surface area contributed by atoms with Gasteiger partial charge in [0.15, 0.2) is 5.96 Å². The second-order valence-electron chi connectivity index (χ2n) is 5.53. The number of hydrogen-bond acceptors (Lipinski definition) is 3. The van der Waals surface area contributed by atoms with Crippen LogP contribution in [0, 0.1) is 0 Å². The Bertz CT molecular complexity index is 821. The molecule has 2 heterocycles. The highest BCUT2D eigenvalue weighted by atomic mass is 127. The number of guanidine groups is 1. The number of halogens is 1. The largest absolute Gasteiger partial charge is 0.361 e. The molecule has 0 aliphatic carbocycles. The Morgan fingerprint density at radius 3 is 2.88 bits per heavy atom. The summed E-state index contributed by atoms with van der Waals surface area (Å²) in [7, 11) is 1.87. The van der Waals surface area contributed by atoms with Crippen LogP contribution >= 0.6 is 24.0 Å². The molecule has 0 amide bonds. The molecule has 1 aromatic carbocycles. The van der Waals surface area contributed by atoms with Gasteiger partial charge in [-0.2, -0.15) is 5.10 Å². The number of aromatic nitrogens is 4. The fourth-order valence-electron chi connectivity index (χ4n) is 2.61. The van der Waals surface area contributed by atoms with Gasteiger partial charge in [0.05, 0.1) is 0 Å². The van der Waals surface area contributed by atoms with Crippen LogP contribution in [0.3, 0.4) is 0 Å². The molecule has 0 saturated carbocycles. The van der Waals surface area contributed by atoms with Crippen LogP contribution in [0.2, 0.25) is 0 Å². The lowest BCUT2D eigenvalue weighted by molar-refractivity contribution is 0.697. The van der Waals surface area contributed by atoms with Crippen molar-refractivity contribution < 1.29 is 0 Å². The SMILES string of the molecule is CCNC(=NCc1ncnn1C)NCCc1c[nH]c2ccccc12.I. The van der Waals surface area contributed by atoms with E-state index in [0.29, 0.717) is 6.54 Å². The molecule has 25 heavy (non-hydrogen) atoms. The molecule has 0 saturated heterocycles. The van der Waals surface area contributed by atoms with E-state index in [1.807, 2.05) is 13.1 Å². The third-order valence-corrected chi connectivity index (χ3v) is 3.89. The topological polar surface area (TPSA) is 82.9 Å². The van der Waals surface area contributed by atoms with Gasteiger partial charge in [0.1, 0.15) is 18.7 Å². The van der Waals surface area contributed by atoms with Crippen molar-refractivity contribution in [1.29, 1.82) is 0 Å². The zero-order valence-electron chi connectivity index (χ0n) is 14.5. The van der Waals surface area contributed by atoms with Gasteiger partial charge in [-0.1, -0.05) is 18.2 Å². The van der Waals surface area contributed by atoms with Crippen molar-refractivity contribution in [2.45, 2.75) is 19.9 Å². The number of rotatable bonds is 6. The first-order chi connectivity index (χ1) is 11.8. The lowest BCUT2D eigenvalue weighted by Crippen LogP contribution is -2.38. The quantitative estimate of drug-likeness (QED) is 0.304. The van der Waals surface area contributed by atoms with Crippen LogP contribution in [-0.2, 0) is 20.0 Å². The van der Waals surface area contributed by atoms with Gasteiger partial charge in [-0.05, 0) is 25.0 Å². The summed E-state index contributed by atoms with van der Waals surface area (Å²) < 4.78 is 1.74. The molecular weight excluding hydrogens is 429 g/mol. The number of nitrogens with zero attached hydrogens (tertiary/aromatic N) is 4. The third kappa shape index (κ3) is 4.94. The van der Waals surface area contributed by atoms with Crippen LogP contribution in [0.5, 0.6) is 0 Å². The molecule has 3 rings (SSSR count). The number of aryl methyl sites for hydroxylation is 1. The van der Waals surface area contributed by atoms with E-state index in [-0.39, 0.29) is 24.0 Å². The van der Waals surface area contributed by atoms with Crippen LogP contribution in [0.25, 0.3) is 10.9 Å². The fraction of sp³-hybridized carbons (Fsp3) is 0.353. The normalized spacial score (nSPS) is 11.4. The van der Waals surface area contributed by atoms with Gasteiger partial charge in [-0.25, -0.2) is 9.98 Å². The number of nitrogens with one attached hydrogen (secondary N) is 3. The van der Waals surface area contributed by atoms with E-state index >= 15 is 0 Å². The Labute approximate surface area is 164 Å². The lowest BCUT2D eigenvalue weighted by Gasteiger charge is -2.11. The summed E-state index contributed by atoms with van der Waals surface area (Å²) in [6.45, 7) is 4.18. The number of para-hydroxylation sites is 1. The van der Waals surface area contributed by atoms with Crippen molar-refractivity contribution in [1.82, 2.24) is 30.4 Å². The minimum atomic E-state index is 0. The summed E-state index contributed by atoms with van der Waals surface area (Å²) >= 11 is 0. The first-order valence-corrected chi connectivity index (χ1v) is 8.18. The molecule has 0 radical (unpaired) electrons. The number of aliphatic imine (C=N–C) groups is 1. The van der Waals surface area contributed by atoms with Gasteiger partial charge in [0.25, 0.3) is 0 Å². The molecule has 7 nitrogen and oxygen atoms in total. The van der Waals surface area contributed by atoms with E-state index in [1.165, 1.54) is 16.5 Å². The molecule has 3 N–H and O–H groups in total. The first kappa shape index (κ1) is 19.2. The average Bonchev–Trinajstić information content (AvgIpc) is 3.19. The van der Waals surface area contributed by atoms with Gasteiger partial charge in [-0.15, -0.1) is 24.0 Å². The van der Waals surface area contributed by atoms with Crippen LogP contribution < -0.4 is 10.6 Å². The summed E-state index contributed by atoms with van der Waals surface area (Å²) in [6.07, 6.45) is 4.55. The summed E-state index contributed by atoms with van der Waals surface area (Å²) in [6, 6.07) is 8.36. The van der Waals surface area contributed by atoms with Gasteiger partial charge in [0.2, 0.25) is 0 Å². The van der Waals surface area contributed by atoms with Crippen molar-refractivity contribution in [3.05, 3.63) is 48.2 Å². The molecule has 0 atom stereocenters. The summed E-state index contributed by atoms with van der Waals surface area (Å²) in [5, 5.41) is 12.0. The predicted molar refractivity (Wildman–Crippen MR) is 111 cm³/mol. The average molecular weight is 453 g/mol. The second kappa shape index (κ2) is 9.40. The van der Waals surface area contributed by atoms with Crippen molar-refractivity contribution in [3.8, 4) is 0 Å². The molecule has 2 aromatic heterocycles. The summed E-state index contributed by atoms with van der Waals surface area (Å²) in [5.74, 6) is 1.63. The number of benzene rings is 1. The minimum Gasteiger partial charge on any atom is -0.361 e. The van der Waals surface area contributed by atoms with Crippen LogP contribution in [0.15, 0.2) is 41.8 Å². The molecule has 3 aromatic rings. The van der Waals surface area contributed by atoms with E-state index in [2.05, 4.69) is 62.0 Å². The molecule has 8 heteroatoms. The molecule has 0 fully saturated rings. The molecule has 0 aliphatic heterocycles. The molecular formula is C17H24IN7. The highest BCUT2D eigenvalue weighted by molar-refractivity contribution is 14.0. The molecule has 0 unspecified atom stereocenters. The van der Waals surface area contributed by atoms with Crippen molar-refractivity contribution >= 4 is 40.8 Å². The van der Waals surface area contributed by atoms with Crippen molar-refractivity contribution in [2.24, 2.45) is 12.0 Å². The maximum absolute atomic E-state index is 4.56. The highest BCUT2D eigenvalue weighted by Gasteiger charge is 2.04. The number of hydrogen-bond donors (Lipinski definition) is 3. The Morgan fingerprint density at radius 2 is 2.12 bits per heavy atom. The summed E-state index contributed by atoms with van der Waals surface area (Å²) in [4.78, 5) is 12.1. The first-order valence-electron chi connectivity index (χ1n) is 8.18. The highest BCUT2D eigenvalue weighted by Crippen LogP contribution is 2.17. The summed E-state index contributed by atoms with van der Waals surface area (Å²) in [5.41, 5.74) is 2.48.